The van der Waals surface area contributed by atoms with Crippen LogP contribution in [-0.2, 0) is 6.54 Å². The van der Waals surface area contributed by atoms with Gasteiger partial charge in [0.05, 0.1) is 11.9 Å². The number of aromatic nitrogens is 1. The molecule has 132 valence electrons. The summed E-state index contributed by atoms with van der Waals surface area (Å²) in [7, 11) is 0. The summed E-state index contributed by atoms with van der Waals surface area (Å²) in [5.41, 5.74) is 7.10. The van der Waals surface area contributed by atoms with Crippen LogP contribution in [0.3, 0.4) is 0 Å². The molecule has 0 aliphatic rings. The first kappa shape index (κ1) is 18.2. The molecule has 0 saturated heterocycles. The van der Waals surface area contributed by atoms with Crippen molar-refractivity contribution < 1.29 is 0 Å². The van der Waals surface area contributed by atoms with Gasteiger partial charge in [-0.3, -0.25) is 5.43 Å². The van der Waals surface area contributed by atoms with Crippen molar-refractivity contribution in [2.45, 2.75) is 13.5 Å². The molecule has 0 unspecified atom stereocenters. The van der Waals surface area contributed by atoms with Crippen LogP contribution in [0.2, 0.25) is 5.02 Å². The maximum atomic E-state index is 5.94. The number of hydrogen-bond acceptors (Lipinski definition) is 2. The van der Waals surface area contributed by atoms with E-state index in [9.17, 15) is 0 Å². The lowest BCUT2D eigenvalue weighted by atomic mass is 10.2. The van der Waals surface area contributed by atoms with Crippen LogP contribution in [0.1, 0.15) is 16.8 Å². The molecule has 0 aliphatic carbocycles. The Bertz CT molecular complexity index is 916. The molecule has 1 heterocycles. The number of rotatable bonds is 5. The number of hydrogen-bond donors (Lipinski definition) is 2. The average molecular weight is 383 g/mol. The van der Waals surface area contributed by atoms with Gasteiger partial charge in [-0.1, -0.05) is 35.9 Å². The van der Waals surface area contributed by atoms with Crippen LogP contribution in [-0.4, -0.2) is 15.9 Å². The van der Waals surface area contributed by atoms with Crippen LogP contribution in [0.4, 0.5) is 5.69 Å². The van der Waals surface area contributed by atoms with Crippen LogP contribution in [0.5, 0.6) is 0 Å². The first-order chi connectivity index (χ1) is 12.6. The second-order valence-corrected chi connectivity index (χ2v) is 6.73. The highest BCUT2D eigenvalue weighted by molar-refractivity contribution is 7.80. The Morgan fingerprint density at radius 1 is 1.15 bits per heavy atom. The highest BCUT2D eigenvalue weighted by Gasteiger charge is 2.01. The summed E-state index contributed by atoms with van der Waals surface area (Å²) in [6.07, 6.45) is 3.76. The molecule has 2 N–H and O–H groups in total. The lowest BCUT2D eigenvalue weighted by molar-refractivity contribution is 0.799. The van der Waals surface area contributed by atoms with E-state index in [2.05, 4.69) is 20.4 Å². The third-order valence-corrected chi connectivity index (χ3v) is 4.22. The van der Waals surface area contributed by atoms with E-state index in [0.29, 0.717) is 5.11 Å². The molecule has 3 rings (SSSR count). The minimum absolute atomic E-state index is 0.447. The second-order valence-electron chi connectivity index (χ2n) is 5.88. The molecule has 0 bridgehead atoms. The largest absolute Gasteiger partial charge is 0.342 e. The fourth-order valence-corrected chi connectivity index (χ4v) is 2.81. The molecular formula is C20H19ClN4S. The summed E-state index contributed by atoms with van der Waals surface area (Å²) in [6.45, 7) is 2.78. The second kappa shape index (κ2) is 8.65. The predicted molar refractivity (Wildman–Crippen MR) is 113 cm³/mol. The molecule has 1 aromatic heterocycles. The fourth-order valence-electron chi connectivity index (χ4n) is 2.51. The van der Waals surface area contributed by atoms with Crippen molar-refractivity contribution in [2.75, 3.05) is 5.32 Å². The third kappa shape index (κ3) is 5.18. The first-order valence-corrected chi connectivity index (χ1v) is 8.95. The molecule has 3 aromatic rings. The normalized spacial score (nSPS) is 10.8. The fraction of sp³-hybridized carbons (Fsp3) is 0.100. The van der Waals surface area contributed by atoms with Crippen LogP contribution in [0.25, 0.3) is 0 Å². The van der Waals surface area contributed by atoms with E-state index in [1.54, 1.807) is 6.21 Å². The van der Waals surface area contributed by atoms with Crippen molar-refractivity contribution in [3.8, 4) is 0 Å². The van der Waals surface area contributed by atoms with Crippen molar-refractivity contribution in [1.82, 2.24) is 9.99 Å². The van der Waals surface area contributed by atoms with Gasteiger partial charge in [0.15, 0.2) is 5.11 Å². The molecule has 26 heavy (non-hydrogen) atoms. The number of thiocarbonyl (C=S) groups is 1. The van der Waals surface area contributed by atoms with Crippen molar-refractivity contribution in [3.05, 3.63) is 88.7 Å². The van der Waals surface area contributed by atoms with Gasteiger partial charge < -0.3 is 9.88 Å². The number of anilines is 1. The molecule has 2 aromatic carbocycles. The molecule has 4 nitrogen and oxygen atoms in total. The van der Waals surface area contributed by atoms with Crippen molar-refractivity contribution in [3.63, 3.8) is 0 Å². The Kier molecular flexibility index (Phi) is 6.04. The van der Waals surface area contributed by atoms with E-state index in [0.717, 1.165) is 22.9 Å². The van der Waals surface area contributed by atoms with Gasteiger partial charge in [-0.25, -0.2) is 0 Å². The van der Waals surface area contributed by atoms with Gasteiger partial charge >= 0.3 is 0 Å². The zero-order chi connectivity index (χ0) is 18.4. The third-order valence-electron chi connectivity index (χ3n) is 3.77. The zero-order valence-electron chi connectivity index (χ0n) is 14.3. The van der Waals surface area contributed by atoms with Crippen molar-refractivity contribution >= 4 is 40.8 Å². The Balaban J connectivity index is 1.58. The molecule has 0 saturated carbocycles. The summed E-state index contributed by atoms with van der Waals surface area (Å²) in [5, 5.41) is 8.52. The lowest BCUT2D eigenvalue weighted by Crippen LogP contribution is -2.24. The molecular weight excluding hydrogens is 364 g/mol. The smallest absolute Gasteiger partial charge is 0.191 e. The molecule has 0 amide bonds. The van der Waals surface area contributed by atoms with Gasteiger partial charge in [-0.2, -0.15) is 5.10 Å². The van der Waals surface area contributed by atoms with E-state index in [4.69, 9.17) is 23.8 Å². The van der Waals surface area contributed by atoms with Crippen LogP contribution < -0.4 is 10.7 Å². The van der Waals surface area contributed by atoms with Crippen molar-refractivity contribution in [1.29, 1.82) is 0 Å². The van der Waals surface area contributed by atoms with Crippen LogP contribution >= 0.6 is 23.8 Å². The number of nitrogens with one attached hydrogen (secondary N) is 2. The molecule has 0 fully saturated rings. The minimum Gasteiger partial charge on any atom is -0.342 e. The number of nitrogens with zero attached hydrogens (tertiary/aromatic N) is 2. The lowest BCUT2D eigenvalue weighted by Gasteiger charge is -2.08. The summed E-state index contributed by atoms with van der Waals surface area (Å²) in [4.78, 5) is 0. The van der Waals surface area contributed by atoms with Gasteiger partial charge in [-0.05, 0) is 66.7 Å². The number of benzene rings is 2. The first-order valence-electron chi connectivity index (χ1n) is 8.16. The van der Waals surface area contributed by atoms with E-state index >= 15 is 0 Å². The van der Waals surface area contributed by atoms with Gasteiger partial charge in [-0.15, -0.1) is 0 Å². The van der Waals surface area contributed by atoms with Gasteiger partial charge in [0.2, 0.25) is 0 Å². The van der Waals surface area contributed by atoms with E-state index in [1.807, 2.05) is 73.8 Å². The van der Waals surface area contributed by atoms with E-state index in [-0.39, 0.29) is 0 Å². The average Bonchev–Trinajstić information content (AvgIpc) is 3.04. The predicted octanol–water partition coefficient (Wildman–Crippen LogP) is 4.82. The number of halogens is 1. The molecule has 0 spiro atoms. The Labute approximate surface area is 163 Å². The van der Waals surface area contributed by atoms with Gasteiger partial charge in [0, 0.05) is 23.5 Å². The zero-order valence-corrected chi connectivity index (χ0v) is 15.9. The maximum absolute atomic E-state index is 5.94. The molecule has 0 radical (unpaired) electrons. The highest BCUT2D eigenvalue weighted by atomic mass is 35.5. The topological polar surface area (TPSA) is 41.4 Å². The monoisotopic (exact) mass is 382 g/mol. The molecule has 0 atom stereocenters. The molecule has 0 aliphatic heterocycles. The molecule has 6 heteroatoms. The summed E-state index contributed by atoms with van der Waals surface area (Å²) in [5.74, 6) is 0. The van der Waals surface area contributed by atoms with Gasteiger partial charge in [0.1, 0.15) is 0 Å². The van der Waals surface area contributed by atoms with Crippen LogP contribution in [0.15, 0.2) is 72.0 Å². The standard InChI is InChI=1S/C20H19ClN4S/c1-15-4-2-5-18(12-15)23-20(26)24-22-13-19-6-3-11-25(19)14-16-7-9-17(21)10-8-16/h2-13H,14H2,1H3,(H2,23,24,26)/b22-13+. The quantitative estimate of drug-likeness (QED) is 0.377. The van der Waals surface area contributed by atoms with Crippen molar-refractivity contribution in [2.24, 2.45) is 5.10 Å². The summed E-state index contributed by atoms with van der Waals surface area (Å²) in [6, 6.07) is 19.8. The Morgan fingerprint density at radius 2 is 1.96 bits per heavy atom. The maximum Gasteiger partial charge on any atom is 0.191 e. The minimum atomic E-state index is 0.447. The van der Waals surface area contributed by atoms with Crippen LogP contribution in [0, 0.1) is 6.92 Å². The Hall–Kier alpha value is -2.63. The number of aryl methyl sites for hydroxylation is 1. The van der Waals surface area contributed by atoms with E-state index < -0.39 is 0 Å². The summed E-state index contributed by atoms with van der Waals surface area (Å²) >= 11 is 11.2. The SMILES string of the molecule is Cc1cccc(NC(=S)N/N=C/c2cccn2Cc2ccc(Cl)cc2)c1. The Morgan fingerprint density at radius 3 is 2.73 bits per heavy atom. The highest BCUT2D eigenvalue weighted by Crippen LogP contribution is 2.12. The summed E-state index contributed by atoms with van der Waals surface area (Å²) < 4.78 is 2.10. The van der Waals surface area contributed by atoms with E-state index in [1.165, 1.54) is 11.1 Å². The number of hydrazone groups is 1. The van der Waals surface area contributed by atoms with Gasteiger partial charge in [0.25, 0.3) is 0 Å².